The largest absolute Gasteiger partial charge is 0.486 e. The van der Waals surface area contributed by atoms with E-state index in [2.05, 4.69) is 39.2 Å². The molecule has 1 unspecified atom stereocenters. The van der Waals surface area contributed by atoms with Gasteiger partial charge in [-0.3, -0.25) is 4.90 Å². The Morgan fingerprint density at radius 2 is 2.15 bits per heavy atom. The highest BCUT2D eigenvalue weighted by atomic mass is 16.6. The maximum absolute atomic E-state index is 5.70. The van der Waals surface area contributed by atoms with Crippen LogP contribution >= 0.6 is 0 Å². The number of rotatable bonds is 7. The van der Waals surface area contributed by atoms with E-state index in [0.29, 0.717) is 19.3 Å². The molecule has 1 atom stereocenters. The molecule has 1 aromatic carbocycles. The van der Waals surface area contributed by atoms with Gasteiger partial charge in [0, 0.05) is 49.2 Å². The van der Waals surface area contributed by atoms with Crippen LogP contribution in [0.1, 0.15) is 44.1 Å². The minimum Gasteiger partial charge on any atom is -0.486 e. The number of imidazole rings is 1. The van der Waals surface area contributed by atoms with Crippen molar-refractivity contribution in [2.75, 3.05) is 31.6 Å². The number of fused-ring (bicyclic) bond motifs is 1. The maximum atomic E-state index is 5.70. The molecule has 2 aliphatic rings. The first-order chi connectivity index (χ1) is 13.3. The Hall–Kier alpha value is -2.21. The molecule has 27 heavy (non-hydrogen) atoms. The summed E-state index contributed by atoms with van der Waals surface area (Å²) in [5.74, 6) is 2.81. The van der Waals surface area contributed by atoms with Crippen molar-refractivity contribution in [1.29, 1.82) is 0 Å². The molecule has 0 radical (unpaired) electrons. The smallest absolute Gasteiger partial charge is 0.163 e. The number of ether oxygens (including phenoxy) is 2. The molecular formula is C21H30N4O2. The van der Waals surface area contributed by atoms with Crippen molar-refractivity contribution in [3.63, 3.8) is 0 Å². The number of anilines is 1. The summed E-state index contributed by atoms with van der Waals surface area (Å²) in [6.45, 7) is 6.59. The minimum absolute atomic E-state index is 0.448. The predicted octanol–water partition coefficient (Wildman–Crippen LogP) is 3.60. The molecule has 0 aliphatic carbocycles. The number of unbranched alkanes of at least 4 members (excludes halogenated alkanes) is 1. The average Bonchev–Trinajstić information content (AvgIpc) is 3.14. The van der Waals surface area contributed by atoms with Crippen molar-refractivity contribution >= 4 is 5.69 Å². The molecule has 2 N–H and O–H groups in total. The number of nitrogens with one attached hydrogen (secondary N) is 2. The van der Waals surface area contributed by atoms with Crippen molar-refractivity contribution in [2.45, 2.75) is 51.6 Å². The Balaban J connectivity index is 1.32. The summed E-state index contributed by atoms with van der Waals surface area (Å²) in [6.07, 6.45) is 7.84. The fourth-order valence-corrected chi connectivity index (χ4v) is 3.88. The molecule has 0 bridgehead atoms. The van der Waals surface area contributed by atoms with Crippen molar-refractivity contribution < 1.29 is 9.47 Å². The van der Waals surface area contributed by atoms with E-state index < -0.39 is 0 Å². The van der Waals surface area contributed by atoms with Gasteiger partial charge < -0.3 is 19.8 Å². The molecule has 2 aliphatic heterocycles. The van der Waals surface area contributed by atoms with Crippen LogP contribution in [-0.4, -0.2) is 47.2 Å². The van der Waals surface area contributed by atoms with Crippen LogP contribution in [0.5, 0.6) is 11.5 Å². The zero-order chi connectivity index (χ0) is 18.5. The topological polar surface area (TPSA) is 62.4 Å². The highest BCUT2D eigenvalue weighted by Gasteiger charge is 2.21. The Morgan fingerprint density at radius 3 is 3.04 bits per heavy atom. The van der Waals surface area contributed by atoms with E-state index in [1.165, 1.54) is 31.4 Å². The van der Waals surface area contributed by atoms with E-state index in [1.807, 2.05) is 12.3 Å². The van der Waals surface area contributed by atoms with Gasteiger partial charge in [0.2, 0.25) is 0 Å². The summed E-state index contributed by atoms with van der Waals surface area (Å²) in [4.78, 5) is 10.5. The normalized spacial score (nSPS) is 19.8. The summed E-state index contributed by atoms with van der Waals surface area (Å²) in [5, 5.41) is 3.68. The molecule has 3 heterocycles. The molecular weight excluding hydrogens is 340 g/mol. The molecule has 1 saturated heterocycles. The first-order valence-corrected chi connectivity index (χ1v) is 10.2. The summed E-state index contributed by atoms with van der Waals surface area (Å²) >= 11 is 0. The predicted molar refractivity (Wildman–Crippen MR) is 107 cm³/mol. The zero-order valence-corrected chi connectivity index (χ0v) is 16.2. The second-order valence-corrected chi connectivity index (χ2v) is 7.54. The lowest BCUT2D eigenvalue weighted by atomic mass is 10.0. The summed E-state index contributed by atoms with van der Waals surface area (Å²) in [6, 6.07) is 6.59. The Bertz CT molecular complexity index is 746. The lowest BCUT2D eigenvalue weighted by Crippen LogP contribution is -2.41. The van der Waals surface area contributed by atoms with Crippen LogP contribution in [0.2, 0.25) is 0 Å². The minimum atomic E-state index is 0.448. The van der Waals surface area contributed by atoms with E-state index in [4.69, 9.17) is 9.47 Å². The summed E-state index contributed by atoms with van der Waals surface area (Å²) in [5.41, 5.74) is 2.33. The zero-order valence-electron chi connectivity index (χ0n) is 16.2. The molecule has 0 amide bonds. The number of benzene rings is 1. The number of aryl methyl sites for hydroxylation is 1. The summed E-state index contributed by atoms with van der Waals surface area (Å²) in [7, 11) is 0. The molecule has 146 valence electrons. The monoisotopic (exact) mass is 370 g/mol. The maximum Gasteiger partial charge on any atom is 0.163 e. The first kappa shape index (κ1) is 18.2. The number of aromatic amines is 1. The van der Waals surface area contributed by atoms with E-state index >= 15 is 0 Å². The second-order valence-electron chi connectivity index (χ2n) is 7.54. The van der Waals surface area contributed by atoms with Crippen molar-refractivity contribution in [1.82, 2.24) is 14.9 Å². The first-order valence-electron chi connectivity index (χ1n) is 10.2. The molecule has 6 heteroatoms. The van der Waals surface area contributed by atoms with Gasteiger partial charge in [0.1, 0.15) is 19.0 Å². The van der Waals surface area contributed by atoms with Crippen molar-refractivity contribution in [3.05, 3.63) is 35.9 Å². The lowest BCUT2D eigenvalue weighted by Gasteiger charge is -2.33. The van der Waals surface area contributed by atoms with Crippen molar-refractivity contribution in [3.8, 4) is 11.5 Å². The van der Waals surface area contributed by atoms with Gasteiger partial charge in [-0.2, -0.15) is 0 Å². The van der Waals surface area contributed by atoms with Crippen LogP contribution < -0.4 is 14.8 Å². The van der Waals surface area contributed by atoms with Crippen LogP contribution in [0.15, 0.2) is 24.4 Å². The Morgan fingerprint density at radius 1 is 1.26 bits per heavy atom. The van der Waals surface area contributed by atoms with Gasteiger partial charge in [-0.25, -0.2) is 4.98 Å². The number of H-pyrrole nitrogens is 1. The van der Waals surface area contributed by atoms with Crippen LogP contribution in [0.4, 0.5) is 5.69 Å². The highest BCUT2D eigenvalue weighted by molar-refractivity contribution is 5.55. The number of likely N-dealkylation sites (tertiary alicyclic amines) is 1. The molecule has 1 aromatic heterocycles. The third-order valence-electron chi connectivity index (χ3n) is 5.26. The number of hydrogen-bond donors (Lipinski definition) is 2. The number of hydrogen-bond acceptors (Lipinski definition) is 5. The van der Waals surface area contributed by atoms with Crippen LogP contribution in [0.3, 0.4) is 0 Å². The van der Waals surface area contributed by atoms with Gasteiger partial charge in [0.05, 0.1) is 0 Å². The van der Waals surface area contributed by atoms with Gasteiger partial charge in [0.25, 0.3) is 0 Å². The number of piperidine rings is 1. The van der Waals surface area contributed by atoms with Crippen LogP contribution in [0, 0.1) is 0 Å². The SMILES string of the molecule is CCCCc1ncc(CN2CCCC(Nc3ccc4c(c3)OCCO4)C2)[nH]1. The van der Waals surface area contributed by atoms with Gasteiger partial charge in [0.15, 0.2) is 11.5 Å². The number of nitrogens with zero attached hydrogens (tertiary/aromatic N) is 2. The fourth-order valence-electron chi connectivity index (χ4n) is 3.88. The van der Waals surface area contributed by atoms with Gasteiger partial charge in [-0.05, 0) is 37.9 Å². The second kappa shape index (κ2) is 8.65. The van der Waals surface area contributed by atoms with Gasteiger partial charge >= 0.3 is 0 Å². The molecule has 4 rings (SSSR count). The van der Waals surface area contributed by atoms with Crippen LogP contribution in [-0.2, 0) is 13.0 Å². The molecule has 6 nitrogen and oxygen atoms in total. The molecule has 0 saturated carbocycles. The highest BCUT2D eigenvalue weighted by Crippen LogP contribution is 2.33. The average molecular weight is 370 g/mol. The van der Waals surface area contributed by atoms with Crippen molar-refractivity contribution in [2.24, 2.45) is 0 Å². The van der Waals surface area contributed by atoms with E-state index in [1.54, 1.807) is 0 Å². The lowest BCUT2D eigenvalue weighted by molar-refractivity contribution is 0.171. The molecule has 0 spiro atoms. The Kier molecular flexibility index (Phi) is 5.82. The standard InChI is InChI=1S/C21H30N4O2/c1-2-3-6-21-22-13-18(24-21)15-25-9-4-5-17(14-25)23-16-7-8-19-20(12-16)27-11-10-26-19/h7-8,12-13,17,23H,2-6,9-11,14-15H2,1H3,(H,22,24). The van der Waals surface area contributed by atoms with E-state index in [9.17, 15) is 0 Å². The van der Waals surface area contributed by atoms with Crippen LogP contribution in [0.25, 0.3) is 0 Å². The van der Waals surface area contributed by atoms with E-state index in [-0.39, 0.29) is 0 Å². The number of aromatic nitrogens is 2. The molecule has 1 fully saturated rings. The third-order valence-corrected chi connectivity index (χ3v) is 5.26. The summed E-state index contributed by atoms with van der Waals surface area (Å²) < 4.78 is 11.3. The quantitative estimate of drug-likeness (QED) is 0.780. The van der Waals surface area contributed by atoms with E-state index in [0.717, 1.165) is 49.1 Å². The fraction of sp³-hybridized carbons (Fsp3) is 0.571. The molecule has 2 aromatic rings. The van der Waals surface area contributed by atoms with Gasteiger partial charge in [-0.15, -0.1) is 0 Å². The third kappa shape index (κ3) is 4.75. The Labute approximate surface area is 161 Å². The van der Waals surface area contributed by atoms with Gasteiger partial charge in [-0.1, -0.05) is 13.3 Å².